The van der Waals surface area contributed by atoms with Crippen molar-refractivity contribution >= 4 is 21.7 Å². The monoisotopic (exact) mass is 364 g/mol. The Morgan fingerprint density at radius 2 is 1.84 bits per heavy atom. The van der Waals surface area contributed by atoms with Gasteiger partial charge >= 0.3 is 0 Å². The van der Waals surface area contributed by atoms with E-state index in [0.717, 1.165) is 31.5 Å². The van der Waals surface area contributed by atoms with Crippen molar-refractivity contribution in [1.29, 1.82) is 0 Å². The standard InChI is InChI=1S/C17H24N4O3S/c1-12-8-18-17(19-9-12)21-10-14-13(16(22)20-5-2-3-6-20)4-7-25(23,24)15(14)11-21/h8-9,13-15H,2-7,10-11H2,1H3/t13-,14+,15+/m0/s1. The number of carbonyl (C=O) groups excluding carboxylic acids is 1. The Balaban J connectivity index is 1.59. The van der Waals surface area contributed by atoms with Gasteiger partial charge in [0.15, 0.2) is 9.84 Å². The van der Waals surface area contributed by atoms with Crippen LogP contribution in [0.3, 0.4) is 0 Å². The molecule has 136 valence electrons. The molecule has 0 radical (unpaired) electrons. The number of hydrogen-bond donors (Lipinski definition) is 0. The number of sulfone groups is 1. The first-order chi connectivity index (χ1) is 12.0. The Labute approximate surface area is 148 Å². The lowest BCUT2D eigenvalue weighted by atomic mass is 9.87. The lowest BCUT2D eigenvalue weighted by Gasteiger charge is -2.34. The molecule has 25 heavy (non-hydrogen) atoms. The van der Waals surface area contributed by atoms with Gasteiger partial charge in [0.05, 0.1) is 11.0 Å². The predicted octanol–water partition coefficient (Wildman–Crippen LogP) is 0.647. The number of nitrogens with zero attached hydrogens (tertiary/aromatic N) is 4. The molecular weight excluding hydrogens is 340 g/mol. The summed E-state index contributed by atoms with van der Waals surface area (Å²) in [6, 6.07) is 0. The van der Waals surface area contributed by atoms with Gasteiger partial charge in [-0.15, -0.1) is 0 Å². The first-order valence-corrected chi connectivity index (χ1v) is 10.7. The van der Waals surface area contributed by atoms with Crippen LogP contribution in [-0.4, -0.2) is 66.4 Å². The molecule has 3 saturated heterocycles. The Kier molecular flexibility index (Phi) is 4.17. The molecule has 0 spiro atoms. The van der Waals surface area contributed by atoms with Gasteiger partial charge in [-0.3, -0.25) is 4.79 Å². The molecule has 4 heterocycles. The van der Waals surface area contributed by atoms with E-state index in [1.807, 2.05) is 16.7 Å². The van der Waals surface area contributed by atoms with Crippen molar-refractivity contribution in [3.05, 3.63) is 18.0 Å². The maximum absolute atomic E-state index is 12.9. The Hall–Kier alpha value is -1.70. The molecule has 3 fully saturated rings. The maximum atomic E-state index is 12.9. The molecular formula is C17H24N4O3S. The molecule has 0 unspecified atom stereocenters. The summed E-state index contributed by atoms with van der Waals surface area (Å²) in [7, 11) is -3.17. The maximum Gasteiger partial charge on any atom is 0.226 e. The molecule has 0 bridgehead atoms. The zero-order valence-corrected chi connectivity index (χ0v) is 15.3. The number of anilines is 1. The first-order valence-electron chi connectivity index (χ1n) is 9.00. The van der Waals surface area contributed by atoms with Gasteiger partial charge in [-0.1, -0.05) is 0 Å². The van der Waals surface area contributed by atoms with Gasteiger partial charge in [0.2, 0.25) is 11.9 Å². The van der Waals surface area contributed by atoms with Crippen molar-refractivity contribution in [2.24, 2.45) is 11.8 Å². The minimum Gasteiger partial charge on any atom is -0.342 e. The second-order valence-electron chi connectivity index (χ2n) is 7.46. The summed E-state index contributed by atoms with van der Waals surface area (Å²) in [6.07, 6.45) is 6.03. The zero-order valence-electron chi connectivity index (χ0n) is 14.5. The van der Waals surface area contributed by atoms with Crippen LogP contribution in [-0.2, 0) is 14.6 Å². The van der Waals surface area contributed by atoms with E-state index in [0.29, 0.717) is 25.5 Å². The normalized spacial score (nSPS) is 31.2. The SMILES string of the molecule is Cc1cnc(N2C[C@@H]3[C@@H](C(=O)N4CCCC4)CCS(=O)(=O)[C@@H]3C2)nc1. The highest BCUT2D eigenvalue weighted by atomic mass is 32.2. The Bertz CT molecular complexity index is 759. The molecule has 0 N–H and O–H groups in total. The molecule has 1 aromatic rings. The number of hydrogen-bond acceptors (Lipinski definition) is 6. The van der Waals surface area contributed by atoms with E-state index in [4.69, 9.17) is 0 Å². The summed E-state index contributed by atoms with van der Waals surface area (Å²) in [5.74, 6) is 0.469. The van der Waals surface area contributed by atoms with Crippen LogP contribution in [0.4, 0.5) is 5.95 Å². The number of carbonyl (C=O) groups is 1. The van der Waals surface area contributed by atoms with Gasteiger partial charge in [0, 0.05) is 50.4 Å². The lowest BCUT2D eigenvalue weighted by molar-refractivity contribution is -0.136. The van der Waals surface area contributed by atoms with E-state index >= 15 is 0 Å². The van der Waals surface area contributed by atoms with Crippen LogP contribution in [0.2, 0.25) is 0 Å². The molecule has 3 aliphatic rings. The average molecular weight is 364 g/mol. The van der Waals surface area contributed by atoms with Gasteiger partial charge in [-0.25, -0.2) is 18.4 Å². The molecule has 0 aromatic carbocycles. The molecule has 1 amide bonds. The van der Waals surface area contributed by atoms with Crippen molar-refractivity contribution in [3.8, 4) is 0 Å². The van der Waals surface area contributed by atoms with Crippen LogP contribution in [0.25, 0.3) is 0 Å². The summed E-state index contributed by atoms with van der Waals surface area (Å²) < 4.78 is 25.2. The van der Waals surface area contributed by atoms with Crippen LogP contribution >= 0.6 is 0 Å². The van der Waals surface area contributed by atoms with E-state index in [1.54, 1.807) is 12.4 Å². The number of likely N-dealkylation sites (tertiary alicyclic amines) is 1. The largest absolute Gasteiger partial charge is 0.342 e. The second kappa shape index (κ2) is 6.23. The van der Waals surface area contributed by atoms with Crippen molar-refractivity contribution in [2.45, 2.75) is 31.4 Å². The fourth-order valence-corrected chi connectivity index (χ4v) is 6.51. The Morgan fingerprint density at radius 3 is 2.52 bits per heavy atom. The van der Waals surface area contributed by atoms with E-state index in [9.17, 15) is 13.2 Å². The fraction of sp³-hybridized carbons (Fsp3) is 0.706. The predicted molar refractivity (Wildman–Crippen MR) is 94.0 cm³/mol. The summed E-state index contributed by atoms with van der Waals surface area (Å²) in [5.41, 5.74) is 0.968. The van der Waals surface area contributed by atoms with Crippen molar-refractivity contribution in [1.82, 2.24) is 14.9 Å². The van der Waals surface area contributed by atoms with Crippen LogP contribution in [0.1, 0.15) is 24.8 Å². The van der Waals surface area contributed by atoms with Gasteiger partial charge in [0.25, 0.3) is 0 Å². The van der Waals surface area contributed by atoms with E-state index in [2.05, 4.69) is 9.97 Å². The van der Waals surface area contributed by atoms with Gasteiger partial charge in [0.1, 0.15) is 0 Å². The van der Waals surface area contributed by atoms with Crippen molar-refractivity contribution in [3.63, 3.8) is 0 Å². The minimum absolute atomic E-state index is 0.112. The van der Waals surface area contributed by atoms with E-state index in [1.165, 1.54) is 0 Å². The highest BCUT2D eigenvalue weighted by Crippen LogP contribution is 2.39. The molecule has 4 rings (SSSR count). The summed E-state index contributed by atoms with van der Waals surface area (Å²) in [5, 5.41) is -0.484. The summed E-state index contributed by atoms with van der Waals surface area (Å²) in [6.45, 7) is 4.47. The highest BCUT2D eigenvalue weighted by Gasteiger charge is 2.51. The van der Waals surface area contributed by atoms with Crippen LogP contribution < -0.4 is 4.90 Å². The summed E-state index contributed by atoms with van der Waals surface area (Å²) in [4.78, 5) is 25.5. The second-order valence-corrected chi connectivity index (χ2v) is 9.80. The van der Waals surface area contributed by atoms with Crippen LogP contribution in [0.5, 0.6) is 0 Å². The topological polar surface area (TPSA) is 83.5 Å². The molecule has 3 aliphatic heterocycles. The van der Waals surface area contributed by atoms with Crippen LogP contribution in [0, 0.1) is 18.8 Å². The molecule has 7 nitrogen and oxygen atoms in total. The third kappa shape index (κ3) is 3.01. The minimum atomic E-state index is -3.17. The molecule has 1 aromatic heterocycles. The van der Waals surface area contributed by atoms with Gasteiger partial charge in [-0.05, 0) is 31.7 Å². The molecule has 0 saturated carbocycles. The zero-order chi connectivity index (χ0) is 17.6. The third-order valence-corrected chi connectivity index (χ3v) is 8.01. The molecule has 0 aliphatic carbocycles. The number of amides is 1. The number of aryl methyl sites for hydroxylation is 1. The Morgan fingerprint density at radius 1 is 1.16 bits per heavy atom. The van der Waals surface area contributed by atoms with E-state index in [-0.39, 0.29) is 23.5 Å². The van der Waals surface area contributed by atoms with Gasteiger partial charge in [-0.2, -0.15) is 0 Å². The quantitative estimate of drug-likeness (QED) is 0.766. The number of fused-ring (bicyclic) bond motifs is 1. The van der Waals surface area contributed by atoms with Crippen LogP contribution in [0.15, 0.2) is 12.4 Å². The highest BCUT2D eigenvalue weighted by molar-refractivity contribution is 7.92. The third-order valence-electron chi connectivity index (χ3n) is 5.79. The van der Waals surface area contributed by atoms with E-state index < -0.39 is 15.1 Å². The average Bonchev–Trinajstić information content (AvgIpc) is 3.25. The number of aromatic nitrogens is 2. The fourth-order valence-electron chi connectivity index (χ4n) is 4.41. The van der Waals surface area contributed by atoms with Crippen molar-refractivity contribution in [2.75, 3.05) is 36.8 Å². The molecule has 8 heteroatoms. The molecule has 3 atom stereocenters. The lowest BCUT2D eigenvalue weighted by Crippen LogP contribution is -2.47. The van der Waals surface area contributed by atoms with Crippen molar-refractivity contribution < 1.29 is 13.2 Å². The number of rotatable bonds is 2. The smallest absolute Gasteiger partial charge is 0.226 e. The van der Waals surface area contributed by atoms with Gasteiger partial charge < -0.3 is 9.80 Å². The first kappa shape index (κ1) is 16.8. The summed E-state index contributed by atoms with van der Waals surface area (Å²) >= 11 is 0.